The van der Waals surface area contributed by atoms with Gasteiger partial charge in [-0.15, -0.1) is 0 Å². The van der Waals surface area contributed by atoms with Gasteiger partial charge in [-0.2, -0.15) is 0 Å². The van der Waals surface area contributed by atoms with E-state index in [4.69, 9.17) is 5.02 Å². The molecule has 1 rings (SSSR count). The summed E-state index contributed by atoms with van der Waals surface area (Å²) in [6, 6.07) is 6.03. The van der Waals surface area contributed by atoms with Crippen LogP contribution in [-0.4, -0.2) is 19.6 Å². The highest BCUT2D eigenvalue weighted by atomic mass is 16.2. The molecule has 2 N–H and O–H groups in total. The first kappa shape index (κ1) is 9.29. The first-order chi connectivity index (χ1) is 5.77. The lowest BCUT2D eigenvalue weighted by Crippen LogP contribution is -2.22. The number of hydrogen-bond acceptors (Lipinski definition) is 2. The van der Waals surface area contributed by atoms with Gasteiger partial charge in [0, 0.05) is 6.54 Å². The second kappa shape index (κ2) is 4.29. The number of hydrogen-bond donors (Lipinski definition) is 2. The van der Waals surface area contributed by atoms with Crippen LogP contribution in [0.2, 0.25) is 0 Å². The molecule has 1 aromatic rings. The molecule has 0 aliphatic heterocycles. The molecule has 3 heteroatoms. The largest absolute Gasteiger partial charge is 0.450 e. The maximum atomic E-state index is 8.92. The van der Waals surface area contributed by atoms with Crippen molar-refractivity contribution >= 4 is 12.9 Å². The van der Waals surface area contributed by atoms with Gasteiger partial charge in [0.05, 0.1) is 0 Å². The summed E-state index contributed by atoms with van der Waals surface area (Å²) in [7, 11) is 3.04. The third-order valence-corrected chi connectivity index (χ3v) is 1.81. The number of benzene rings is 1. The molecule has 2 nitrogen and oxygen atoms in total. The first-order valence-electron chi connectivity index (χ1n) is 3.99. The van der Waals surface area contributed by atoms with Crippen LogP contribution in [0.3, 0.4) is 0 Å². The zero-order valence-corrected chi connectivity index (χ0v) is 7.46. The smallest absolute Gasteiger partial charge is 0.327 e. The normalized spacial score (nSPS) is 9.92. The maximum Gasteiger partial charge on any atom is 0.327 e. The van der Waals surface area contributed by atoms with Crippen LogP contribution in [0.5, 0.6) is 0 Å². The Hall–Kier alpha value is -0.795. The Morgan fingerprint density at radius 1 is 1.50 bits per heavy atom. The molecule has 0 heterocycles. The molecule has 1 radical (unpaired) electrons. The summed E-state index contributed by atoms with van der Waals surface area (Å²) in [6.45, 7) is 2.79. The summed E-state index contributed by atoms with van der Waals surface area (Å²) < 4.78 is 0. The molecule has 0 atom stereocenters. The highest BCUT2D eigenvalue weighted by molar-refractivity contribution is 6.46. The number of rotatable bonds is 3. The SMILES string of the molecule is CNCc1ccc(C)cc1[B]O. The molecule has 1 aromatic carbocycles. The van der Waals surface area contributed by atoms with Crippen molar-refractivity contribution in [3.63, 3.8) is 0 Å². The van der Waals surface area contributed by atoms with Crippen molar-refractivity contribution in [2.24, 2.45) is 0 Å². The topological polar surface area (TPSA) is 32.3 Å². The Balaban J connectivity index is 2.94. The van der Waals surface area contributed by atoms with Crippen LogP contribution in [0.25, 0.3) is 0 Å². The van der Waals surface area contributed by atoms with E-state index in [1.165, 1.54) is 0 Å². The van der Waals surface area contributed by atoms with Gasteiger partial charge in [-0.1, -0.05) is 23.8 Å². The fourth-order valence-electron chi connectivity index (χ4n) is 1.19. The van der Waals surface area contributed by atoms with Crippen LogP contribution in [-0.2, 0) is 6.54 Å². The van der Waals surface area contributed by atoms with Crippen LogP contribution in [0.4, 0.5) is 0 Å². The van der Waals surface area contributed by atoms with E-state index < -0.39 is 0 Å². The third kappa shape index (κ3) is 2.09. The zero-order chi connectivity index (χ0) is 8.97. The highest BCUT2D eigenvalue weighted by Gasteiger charge is 2.01. The van der Waals surface area contributed by atoms with E-state index in [1.54, 1.807) is 0 Å². The summed E-state index contributed by atoms with van der Waals surface area (Å²) >= 11 is 0. The number of aryl methyl sites for hydroxylation is 1. The predicted octanol–water partition coefficient (Wildman–Crippen LogP) is -0.0488. The zero-order valence-electron chi connectivity index (χ0n) is 7.46. The summed E-state index contributed by atoms with van der Waals surface area (Å²) in [5.41, 5.74) is 3.17. The van der Waals surface area contributed by atoms with Crippen molar-refractivity contribution in [2.45, 2.75) is 13.5 Å². The second-order valence-corrected chi connectivity index (χ2v) is 2.86. The fraction of sp³-hybridized carbons (Fsp3) is 0.333. The van der Waals surface area contributed by atoms with E-state index in [0.717, 1.165) is 30.6 Å². The standard InChI is InChI=1S/C9H13BNO/c1-7-3-4-8(6-11-2)9(5-7)10-12/h3-5,11-12H,6H2,1-2H3. The molecule has 0 aliphatic carbocycles. The predicted molar refractivity (Wildman–Crippen MR) is 51.5 cm³/mol. The van der Waals surface area contributed by atoms with Crippen LogP contribution < -0.4 is 10.8 Å². The van der Waals surface area contributed by atoms with Gasteiger partial charge in [-0.3, -0.25) is 0 Å². The van der Waals surface area contributed by atoms with E-state index in [2.05, 4.69) is 5.32 Å². The van der Waals surface area contributed by atoms with Gasteiger partial charge in [0.25, 0.3) is 0 Å². The lowest BCUT2D eigenvalue weighted by molar-refractivity contribution is 0.614. The Labute approximate surface area is 73.9 Å². The van der Waals surface area contributed by atoms with E-state index in [1.807, 2.05) is 32.2 Å². The molecule has 63 valence electrons. The first-order valence-corrected chi connectivity index (χ1v) is 3.99. The van der Waals surface area contributed by atoms with Crippen LogP contribution in [0.1, 0.15) is 11.1 Å². The molecule has 0 saturated carbocycles. The lowest BCUT2D eigenvalue weighted by Gasteiger charge is -2.06. The third-order valence-electron chi connectivity index (χ3n) is 1.81. The van der Waals surface area contributed by atoms with Gasteiger partial charge in [0.15, 0.2) is 0 Å². The van der Waals surface area contributed by atoms with E-state index in [-0.39, 0.29) is 0 Å². The van der Waals surface area contributed by atoms with Crippen molar-refractivity contribution in [1.29, 1.82) is 0 Å². The van der Waals surface area contributed by atoms with Gasteiger partial charge in [-0.25, -0.2) is 0 Å². The molecular formula is C9H13BNO. The summed E-state index contributed by atoms with van der Waals surface area (Å²) in [6.07, 6.45) is 0. The summed E-state index contributed by atoms with van der Waals surface area (Å²) in [5.74, 6) is 0. The molecule has 0 aromatic heterocycles. The van der Waals surface area contributed by atoms with Gasteiger partial charge < -0.3 is 10.3 Å². The van der Waals surface area contributed by atoms with Crippen LogP contribution in [0.15, 0.2) is 18.2 Å². The van der Waals surface area contributed by atoms with Gasteiger partial charge in [0.1, 0.15) is 0 Å². The molecular weight excluding hydrogens is 149 g/mol. The van der Waals surface area contributed by atoms with E-state index in [0.29, 0.717) is 0 Å². The minimum atomic E-state index is 0.784. The minimum absolute atomic E-state index is 0.784. The van der Waals surface area contributed by atoms with Crippen molar-refractivity contribution in [3.8, 4) is 0 Å². The van der Waals surface area contributed by atoms with Crippen molar-refractivity contribution in [2.75, 3.05) is 7.05 Å². The molecule has 0 spiro atoms. The number of nitrogens with one attached hydrogen (secondary N) is 1. The average molecular weight is 162 g/mol. The second-order valence-electron chi connectivity index (χ2n) is 2.86. The van der Waals surface area contributed by atoms with E-state index in [9.17, 15) is 0 Å². The Kier molecular flexibility index (Phi) is 3.32. The summed E-state index contributed by atoms with van der Waals surface area (Å²) in [5, 5.41) is 12.0. The van der Waals surface area contributed by atoms with E-state index >= 15 is 0 Å². The lowest BCUT2D eigenvalue weighted by atomic mass is 9.83. The van der Waals surface area contributed by atoms with Crippen molar-refractivity contribution in [1.82, 2.24) is 5.32 Å². The quantitative estimate of drug-likeness (QED) is 0.610. The Morgan fingerprint density at radius 2 is 2.25 bits per heavy atom. The Bertz CT molecular complexity index is 263. The Morgan fingerprint density at radius 3 is 2.83 bits per heavy atom. The van der Waals surface area contributed by atoms with Gasteiger partial charge >= 0.3 is 7.48 Å². The highest BCUT2D eigenvalue weighted by Crippen LogP contribution is 1.99. The maximum absolute atomic E-state index is 8.92. The van der Waals surface area contributed by atoms with Crippen LogP contribution >= 0.6 is 0 Å². The van der Waals surface area contributed by atoms with Gasteiger partial charge in [-0.05, 0) is 25.0 Å². The van der Waals surface area contributed by atoms with Crippen molar-refractivity contribution < 1.29 is 5.02 Å². The fourth-order valence-corrected chi connectivity index (χ4v) is 1.19. The molecule has 0 aliphatic rings. The van der Waals surface area contributed by atoms with Crippen molar-refractivity contribution in [3.05, 3.63) is 29.3 Å². The van der Waals surface area contributed by atoms with Gasteiger partial charge in [0.2, 0.25) is 0 Å². The molecule has 0 bridgehead atoms. The van der Waals surface area contributed by atoms with Crippen LogP contribution in [0, 0.1) is 6.92 Å². The molecule has 0 fully saturated rings. The molecule has 0 saturated heterocycles. The molecule has 0 unspecified atom stereocenters. The molecule has 12 heavy (non-hydrogen) atoms. The summed E-state index contributed by atoms with van der Waals surface area (Å²) in [4.78, 5) is 0. The average Bonchev–Trinajstić information content (AvgIpc) is 2.08. The minimum Gasteiger partial charge on any atom is -0.450 e. The monoisotopic (exact) mass is 162 g/mol. The molecule has 0 amide bonds.